The van der Waals surface area contributed by atoms with Crippen molar-refractivity contribution < 1.29 is 9.47 Å². The lowest BCUT2D eigenvalue weighted by atomic mass is 9.65. The first-order valence-corrected chi connectivity index (χ1v) is 9.58. The fraction of sp³-hybridized carbons (Fsp3) is 0.429. The molecule has 132 valence electrons. The van der Waals surface area contributed by atoms with Gasteiger partial charge in [-0.05, 0) is 29.7 Å². The lowest BCUT2D eigenvalue weighted by Crippen LogP contribution is -2.48. The van der Waals surface area contributed by atoms with Crippen molar-refractivity contribution in [1.82, 2.24) is 0 Å². The molecule has 25 heavy (non-hydrogen) atoms. The first kappa shape index (κ1) is 16.8. The van der Waals surface area contributed by atoms with Gasteiger partial charge in [0.2, 0.25) is 0 Å². The van der Waals surface area contributed by atoms with Crippen LogP contribution in [-0.2, 0) is 11.8 Å². The van der Waals surface area contributed by atoms with Crippen LogP contribution in [0.1, 0.15) is 43.5 Å². The molecule has 4 rings (SSSR count). The van der Waals surface area contributed by atoms with Crippen LogP contribution in [0.3, 0.4) is 0 Å². The average Bonchev–Trinajstić information content (AvgIpc) is 2.64. The summed E-state index contributed by atoms with van der Waals surface area (Å²) < 4.78 is 14.0. The van der Waals surface area contributed by atoms with E-state index in [2.05, 4.69) is 65.1 Å². The minimum atomic E-state index is 0.0240. The smallest absolute Gasteiger partial charge is 0.166 e. The summed E-state index contributed by atoms with van der Waals surface area (Å²) in [5, 5.41) is 0. The summed E-state index contributed by atoms with van der Waals surface area (Å²) in [6.07, 6.45) is 1.05. The molecule has 0 saturated carbocycles. The highest BCUT2D eigenvalue weighted by molar-refractivity contribution is 9.10. The molecule has 3 nitrogen and oxygen atoms in total. The van der Waals surface area contributed by atoms with Gasteiger partial charge in [0.1, 0.15) is 0 Å². The number of fused-ring (bicyclic) bond motifs is 4. The van der Waals surface area contributed by atoms with Crippen molar-refractivity contribution in [2.45, 2.75) is 38.6 Å². The van der Waals surface area contributed by atoms with Crippen molar-refractivity contribution in [3.8, 4) is 11.5 Å². The quantitative estimate of drug-likeness (QED) is 0.627. The van der Waals surface area contributed by atoms with Crippen molar-refractivity contribution in [2.75, 3.05) is 17.6 Å². The highest BCUT2D eigenvalue weighted by Gasteiger charge is 2.49. The van der Waals surface area contributed by atoms with Crippen LogP contribution in [0, 0.1) is 5.92 Å². The van der Waals surface area contributed by atoms with Gasteiger partial charge in [0.05, 0.1) is 41.6 Å². The molecule has 0 fully saturated rings. The normalized spacial score (nSPS) is 23.2. The first-order valence-electron chi connectivity index (χ1n) is 8.87. The van der Waals surface area contributed by atoms with E-state index in [0.29, 0.717) is 12.5 Å². The summed E-state index contributed by atoms with van der Waals surface area (Å²) >= 11 is 3.88. The van der Waals surface area contributed by atoms with Gasteiger partial charge in [0.15, 0.2) is 11.5 Å². The molecule has 0 radical (unpaired) electrons. The summed E-state index contributed by atoms with van der Waals surface area (Å²) in [4.78, 5) is 0. The molecule has 2 aliphatic rings. The molecular formula is C21H24BrNO2. The molecule has 0 aromatic heterocycles. The fourth-order valence-corrected chi connectivity index (χ4v) is 5.12. The largest absolute Gasteiger partial charge is 0.493 e. The van der Waals surface area contributed by atoms with E-state index in [0.717, 1.165) is 17.9 Å². The van der Waals surface area contributed by atoms with Gasteiger partial charge in [-0.25, -0.2) is 0 Å². The van der Waals surface area contributed by atoms with Gasteiger partial charge in [0, 0.05) is 16.9 Å². The number of halogens is 1. The van der Waals surface area contributed by atoms with E-state index in [1.807, 2.05) is 12.1 Å². The van der Waals surface area contributed by atoms with E-state index in [-0.39, 0.29) is 11.5 Å². The zero-order valence-electron chi connectivity index (χ0n) is 15.2. The Hall–Kier alpha value is -1.68. The van der Waals surface area contributed by atoms with Crippen molar-refractivity contribution in [3.63, 3.8) is 0 Å². The molecule has 0 amide bonds. The maximum absolute atomic E-state index is 6.20. The molecular weight excluding hydrogens is 378 g/mol. The van der Waals surface area contributed by atoms with E-state index in [1.165, 1.54) is 22.4 Å². The second-order valence-corrected chi connectivity index (χ2v) is 8.24. The Morgan fingerprint density at radius 1 is 1.28 bits per heavy atom. The lowest BCUT2D eigenvalue weighted by Gasteiger charge is -2.51. The Bertz CT molecular complexity index is 818. The van der Waals surface area contributed by atoms with Gasteiger partial charge in [-0.3, -0.25) is 0 Å². The molecule has 0 N–H and O–H groups in total. The zero-order valence-corrected chi connectivity index (χ0v) is 16.8. The van der Waals surface area contributed by atoms with Gasteiger partial charge < -0.3 is 13.4 Å². The molecule has 4 heteroatoms. The maximum atomic E-state index is 6.20. The van der Waals surface area contributed by atoms with Crippen molar-refractivity contribution >= 4 is 21.8 Å². The number of hydrogen-bond acceptors (Lipinski definition) is 3. The Kier molecular flexibility index (Phi) is 3.99. The van der Waals surface area contributed by atoms with Crippen molar-refractivity contribution in [1.29, 1.82) is 0 Å². The molecule has 0 bridgehead atoms. The second-order valence-electron chi connectivity index (χ2n) is 7.48. The maximum Gasteiger partial charge on any atom is 0.166 e. The molecule has 2 aliphatic heterocycles. The van der Waals surface area contributed by atoms with Crippen LogP contribution in [0.4, 0.5) is 5.69 Å². The van der Waals surface area contributed by atoms with Crippen LogP contribution >= 0.6 is 16.1 Å². The Balaban J connectivity index is 1.90. The molecule has 2 aromatic rings. The Morgan fingerprint density at radius 3 is 2.80 bits per heavy atom. The number of benzene rings is 2. The summed E-state index contributed by atoms with van der Waals surface area (Å²) in [5.41, 5.74) is 5.23. The van der Waals surface area contributed by atoms with E-state index in [1.54, 1.807) is 7.11 Å². The lowest BCUT2D eigenvalue weighted by molar-refractivity contribution is 0.126. The molecule has 0 saturated heterocycles. The molecule has 2 atom stereocenters. The van der Waals surface area contributed by atoms with Gasteiger partial charge in [-0.2, -0.15) is 0 Å². The van der Waals surface area contributed by atoms with E-state index >= 15 is 0 Å². The second kappa shape index (κ2) is 5.94. The van der Waals surface area contributed by atoms with Gasteiger partial charge in [0.25, 0.3) is 0 Å². The van der Waals surface area contributed by atoms with Crippen LogP contribution < -0.4 is 13.4 Å². The van der Waals surface area contributed by atoms with Gasteiger partial charge >= 0.3 is 0 Å². The van der Waals surface area contributed by atoms with Gasteiger partial charge in [-0.15, -0.1) is 0 Å². The highest BCUT2D eigenvalue weighted by atomic mass is 79.9. The predicted octanol–water partition coefficient (Wildman–Crippen LogP) is 5.42. The SMILES string of the molecule is CCc1ccc2c(c1)C(C)(C)C1COc3c(OC)cccc3C1N2Br. The summed E-state index contributed by atoms with van der Waals surface area (Å²) in [5.74, 6) is 2.04. The number of methoxy groups -OCH3 is 1. The van der Waals surface area contributed by atoms with E-state index < -0.39 is 0 Å². The first-order chi connectivity index (χ1) is 12.0. The number of ether oxygens (including phenoxy) is 2. The zero-order chi connectivity index (χ0) is 17.8. The minimum Gasteiger partial charge on any atom is -0.493 e. The number of hydrogen-bond donors (Lipinski definition) is 0. The van der Waals surface area contributed by atoms with Gasteiger partial charge in [-0.1, -0.05) is 45.0 Å². The van der Waals surface area contributed by atoms with Crippen molar-refractivity contribution in [2.24, 2.45) is 5.92 Å². The van der Waals surface area contributed by atoms with Crippen molar-refractivity contribution in [3.05, 3.63) is 53.1 Å². The third-order valence-electron chi connectivity index (χ3n) is 5.90. The molecule has 0 aliphatic carbocycles. The van der Waals surface area contributed by atoms with Crippen LogP contribution in [0.15, 0.2) is 36.4 Å². The van der Waals surface area contributed by atoms with E-state index in [9.17, 15) is 0 Å². The third kappa shape index (κ3) is 2.37. The number of rotatable bonds is 2. The Morgan fingerprint density at radius 2 is 2.08 bits per heavy atom. The summed E-state index contributed by atoms with van der Waals surface area (Å²) in [6.45, 7) is 7.58. The predicted molar refractivity (Wildman–Crippen MR) is 105 cm³/mol. The number of para-hydroxylation sites is 1. The molecule has 2 unspecified atom stereocenters. The van der Waals surface area contributed by atoms with Crippen LogP contribution in [0.2, 0.25) is 0 Å². The monoisotopic (exact) mass is 401 g/mol. The topological polar surface area (TPSA) is 21.7 Å². The average molecular weight is 402 g/mol. The number of nitrogens with zero attached hydrogens (tertiary/aromatic N) is 1. The number of anilines is 1. The summed E-state index contributed by atoms with van der Waals surface area (Å²) in [7, 11) is 1.70. The minimum absolute atomic E-state index is 0.0240. The number of aryl methyl sites for hydroxylation is 1. The van der Waals surface area contributed by atoms with Crippen LogP contribution in [-0.4, -0.2) is 13.7 Å². The van der Waals surface area contributed by atoms with E-state index in [4.69, 9.17) is 9.47 Å². The third-order valence-corrected chi connectivity index (χ3v) is 6.72. The highest BCUT2D eigenvalue weighted by Crippen LogP contribution is 2.57. The van der Waals surface area contributed by atoms with Crippen LogP contribution in [0.25, 0.3) is 0 Å². The van der Waals surface area contributed by atoms with Crippen LogP contribution in [0.5, 0.6) is 11.5 Å². The summed E-state index contributed by atoms with van der Waals surface area (Å²) in [6, 6.07) is 13.2. The standard InChI is InChI=1S/C21H24BrNO2/c1-5-13-9-10-17-15(11-13)21(2,3)16-12-25-20-14(19(16)23(17)22)7-6-8-18(20)24-4/h6-11,16,19H,5,12H2,1-4H3. The molecule has 0 spiro atoms. The fourth-order valence-electron chi connectivity index (χ4n) is 4.30. The molecule has 2 aromatic carbocycles. The molecule has 2 heterocycles. The Labute approximate surface area is 158 Å².